The maximum absolute atomic E-state index is 13.9. The van der Waals surface area contributed by atoms with E-state index in [0.717, 1.165) is 13.2 Å². The summed E-state index contributed by atoms with van der Waals surface area (Å²) in [5.74, 6) is -3.54. The van der Waals surface area contributed by atoms with Gasteiger partial charge in [-0.05, 0) is 17.7 Å². The van der Waals surface area contributed by atoms with Crippen LogP contribution in [0, 0.1) is 11.6 Å². The topological polar surface area (TPSA) is 61.2 Å². The van der Waals surface area contributed by atoms with Crippen LogP contribution in [0.2, 0.25) is 0 Å². The van der Waals surface area contributed by atoms with Crippen molar-refractivity contribution < 1.29 is 23.1 Å². The lowest BCUT2D eigenvalue weighted by Gasteiger charge is -2.09. The summed E-state index contributed by atoms with van der Waals surface area (Å²) < 4.78 is 34.0. The molecular formula is C18H13F2IN2O3. The smallest absolute Gasteiger partial charge is 0.379 e. The minimum atomic E-state index is -0.960. The summed E-state index contributed by atoms with van der Waals surface area (Å²) in [6, 6.07) is 5.74. The van der Waals surface area contributed by atoms with E-state index < -0.39 is 23.4 Å². The maximum atomic E-state index is 13.9. The van der Waals surface area contributed by atoms with E-state index in [1.54, 1.807) is 16.8 Å². The molecule has 5 nitrogen and oxygen atoms in total. The fraction of sp³-hybridized carbons (Fsp3) is 0.167. The molecule has 1 aromatic carbocycles. The van der Waals surface area contributed by atoms with Gasteiger partial charge in [0, 0.05) is 27.8 Å². The number of aromatic nitrogens is 2. The molecule has 3 aromatic rings. The Kier molecular flexibility index (Phi) is 5.30. The number of ether oxygens (including phenoxy) is 1. The fourth-order valence-corrected chi connectivity index (χ4v) is 3.54. The summed E-state index contributed by atoms with van der Waals surface area (Å²) in [7, 11) is 1.14. The zero-order chi connectivity index (χ0) is 18.8. The number of nitrogens with zero attached hydrogens (tertiary/aromatic N) is 2. The molecule has 0 radical (unpaired) electrons. The lowest BCUT2D eigenvalue weighted by Crippen LogP contribution is -2.18. The van der Waals surface area contributed by atoms with Gasteiger partial charge in [0.1, 0.15) is 5.65 Å². The Morgan fingerprint density at radius 3 is 2.73 bits per heavy atom. The molecule has 0 unspecified atom stereocenters. The highest BCUT2D eigenvalue weighted by Crippen LogP contribution is 2.26. The highest BCUT2D eigenvalue weighted by Gasteiger charge is 2.23. The predicted molar refractivity (Wildman–Crippen MR) is 99.3 cm³/mol. The Morgan fingerprint density at radius 1 is 1.27 bits per heavy atom. The first-order chi connectivity index (χ1) is 12.5. The zero-order valence-electron chi connectivity index (χ0n) is 13.6. The van der Waals surface area contributed by atoms with Gasteiger partial charge >= 0.3 is 5.97 Å². The quantitative estimate of drug-likeness (QED) is 0.188. The van der Waals surface area contributed by atoms with E-state index in [1.807, 2.05) is 0 Å². The number of pyridine rings is 1. The third-order valence-electron chi connectivity index (χ3n) is 4.02. The number of carbonyl (C=O) groups excluding carboxylic acids is 2. The van der Waals surface area contributed by atoms with Crippen molar-refractivity contribution >= 4 is 45.4 Å². The summed E-state index contributed by atoms with van der Waals surface area (Å²) >= 11 is 2.09. The molecule has 0 spiro atoms. The van der Waals surface area contributed by atoms with E-state index in [-0.39, 0.29) is 17.7 Å². The first-order valence-electron chi connectivity index (χ1n) is 7.56. The number of methoxy groups -OCH3 is 1. The Bertz CT molecular complexity index is 1020. The number of carbonyl (C=O) groups is 2. The molecule has 0 aliphatic rings. The minimum Gasteiger partial charge on any atom is -0.463 e. The first-order valence-corrected chi connectivity index (χ1v) is 9.08. The first kappa shape index (κ1) is 18.4. The number of hydrogen-bond donors (Lipinski definition) is 0. The third kappa shape index (κ3) is 3.20. The molecule has 0 amide bonds. The van der Waals surface area contributed by atoms with Gasteiger partial charge in [0.05, 0.1) is 19.2 Å². The number of hydrogen-bond acceptors (Lipinski definition) is 4. The van der Waals surface area contributed by atoms with E-state index in [9.17, 15) is 18.4 Å². The SMILES string of the molecule is COC(=O)C(=O)c1cnc2c(ccn2Cc2cccc(F)c2F)c1CI. The van der Waals surface area contributed by atoms with Crippen molar-refractivity contribution in [2.24, 2.45) is 0 Å². The molecule has 2 heterocycles. The molecule has 0 aliphatic heterocycles. The average Bonchev–Trinajstić information content (AvgIpc) is 3.06. The maximum Gasteiger partial charge on any atom is 0.379 e. The van der Waals surface area contributed by atoms with Gasteiger partial charge in [-0.25, -0.2) is 18.6 Å². The van der Waals surface area contributed by atoms with Crippen LogP contribution in [0.5, 0.6) is 0 Å². The number of esters is 1. The molecule has 8 heteroatoms. The molecule has 0 bridgehead atoms. The van der Waals surface area contributed by atoms with Crippen LogP contribution >= 0.6 is 22.6 Å². The summed E-state index contributed by atoms with van der Waals surface area (Å²) in [4.78, 5) is 28.0. The van der Waals surface area contributed by atoms with Crippen LogP contribution in [-0.4, -0.2) is 28.4 Å². The van der Waals surface area contributed by atoms with Crippen LogP contribution in [-0.2, 0) is 20.5 Å². The van der Waals surface area contributed by atoms with Crippen molar-refractivity contribution in [2.45, 2.75) is 11.0 Å². The number of Topliss-reactive ketones (excluding diaryl/α,β-unsaturated/α-hetero) is 1. The summed E-state index contributed by atoms with van der Waals surface area (Å²) in [6.45, 7) is 0.0884. The van der Waals surface area contributed by atoms with E-state index in [0.29, 0.717) is 21.0 Å². The van der Waals surface area contributed by atoms with Gasteiger partial charge in [0.25, 0.3) is 5.78 Å². The lowest BCUT2D eigenvalue weighted by molar-refractivity contribution is -0.135. The number of ketones is 1. The molecule has 0 aliphatic carbocycles. The monoisotopic (exact) mass is 470 g/mol. The van der Waals surface area contributed by atoms with Gasteiger partial charge in [-0.1, -0.05) is 34.7 Å². The molecule has 0 saturated heterocycles. The van der Waals surface area contributed by atoms with E-state index in [1.165, 1.54) is 18.3 Å². The van der Waals surface area contributed by atoms with Crippen molar-refractivity contribution in [3.8, 4) is 0 Å². The molecule has 26 heavy (non-hydrogen) atoms. The summed E-state index contributed by atoms with van der Waals surface area (Å²) in [6.07, 6.45) is 3.00. The van der Waals surface area contributed by atoms with E-state index in [2.05, 4.69) is 32.3 Å². The van der Waals surface area contributed by atoms with Crippen LogP contribution < -0.4 is 0 Å². The number of rotatable bonds is 5. The number of halogens is 3. The van der Waals surface area contributed by atoms with Crippen LogP contribution in [0.25, 0.3) is 11.0 Å². The van der Waals surface area contributed by atoms with Crippen molar-refractivity contribution in [1.82, 2.24) is 9.55 Å². The standard InChI is InChI=1S/C18H13F2IN2O3/c1-26-18(25)16(24)13-8-22-17-11(12(13)7-21)5-6-23(17)9-10-3-2-4-14(19)15(10)20/h2-6,8H,7,9H2,1H3. The average molecular weight is 470 g/mol. The van der Waals surface area contributed by atoms with Crippen LogP contribution in [0.1, 0.15) is 21.5 Å². The fourth-order valence-electron chi connectivity index (χ4n) is 2.72. The van der Waals surface area contributed by atoms with E-state index >= 15 is 0 Å². The molecule has 0 N–H and O–H groups in total. The van der Waals surface area contributed by atoms with Crippen molar-refractivity contribution in [3.63, 3.8) is 0 Å². The lowest BCUT2D eigenvalue weighted by atomic mass is 10.0. The van der Waals surface area contributed by atoms with Gasteiger partial charge in [0.2, 0.25) is 0 Å². The second-order valence-electron chi connectivity index (χ2n) is 5.50. The predicted octanol–water partition coefficient (Wildman–Crippen LogP) is 3.65. The Labute approximate surface area is 161 Å². The molecule has 0 fully saturated rings. The number of benzene rings is 1. The number of fused-ring (bicyclic) bond motifs is 1. The Balaban J connectivity index is 2.07. The zero-order valence-corrected chi connectivity index (χ0v) is 15.8. The molecule has 3 rings (SSSR count). The van der Waals surface area contributed by atoms with Gasteiger partial charge in [-0.15, -0.1) is 0 Å². The van der Waals surface area contributed by atoms with E-state index in [4.69, 9.17) is 0 Å². The van der Waals surface area contributed by atoms with Gasteiger partial charge < -0.3 is 9.30 Å². The normalized spacial score (nSPS) is 10.9. The molecule has 2 aromatic heterocycles. The Morgan fingerprint density at radius 2 is 2.04 bits per heavy atom. The van der Waals surface area contributed by atoms with Gasteiger partial charge in [0.15, 0.2) is 11.6 Å². The largest absolute Gasteiger partial charge is 0.463 e. The Hall–Kier alpha value is -2.36. The molecule has 134 valence electrons. The highest BCUT2D eigenvalue weighted by molar-refractivity contribution is 14.1. The van der Waals surface area contributed by atoms with Crippen LogP contribution in [0.3, 0.4) is 0 Å². The molecule has 0 atom stereocenters. The van der Waals surface area contributed by atoms with Gasteiger partial charge in [-0.2, -0.15) is 0 Å². The third-order valence-corrected chi connectivity index (χ3v) is 4.78. The number of alkyl halides is 1. The second kappa shape index (κ2) is 7.48. The summed E-state index contributed by atoms with van der Waals surface area (Å²) in [5, 5.41) is 0.672. The van der Waals surface area contributed by atoms with Crippen molar-refractivity contribution in [1.29, 1.82) is 0 Å². The molecular weight excluding hydrogens is 457 g/mol. The minimum absolute atomic E-state index is 0.0884. The molecule has 0 saturated carbocycles. The van der Waals surface area contributed by atoms with Crippen molar-refractivity contribution in [2.75, 3.05) is 7.11 Å². The van der Waals surface area contributed by atoms with Crippen molar-refractivity contribution in [3.05, 3.63) is 65.0 Å². The highest BCUT2D eigenvalue weighted by atomic mass is 127. The second-order valence-corrected chi connectivity index (χ2v) is 6.26. The van der Waals surface area contributed by atoms with Crippen LogP contribution in [0.15, 0.2) is 36.7 Å². The summed E-state index contributed by atoms with van der Waals surface area (Å²) in [5.41, 5.74) is 1.52. The van der Waals surface area contributed by atoms with Crippen LogP contribution in [0.4, 0.5) is 8.78 Å². The van der Waals surface area contributed by atoms with Gasteiger partial charge in [-0.3, -0.25) is 4.79 Å².